The average molecular weight is 246 g/mol. The van der Waals surface area contributed by atoms with Crippen molar-refractivity contribution in [2.45, 2.75) is 24.3 Å². The van der Waals surface area contributed by atoms with Crippen molar-refractivity contribution in [3.63, 3.8) is 0 Å². The van der Waals surface area contributed by atoms with Gasteiger partial charge in [0, 0.05) is 17.8 Å². The Kier molecular flexibility index (Phi) is 3.27. The Morgan fingerprint density at radius 2 is 2.20 bits per heavy atom. The molecule has 0 radical (unpaired) electrons. The highest BCUT2D eigenvalue weighted by molar-refractivity contribution is 6.32. The first-order valence-corrected chi connectivity index (χ1v) is 5.76. The van der Waals surface area contributed by atoms with E-state index in [0.717, 1.165) is 18.5 Å². The van der Waals surface area contributed by atoms with E-state index in [2.05, 4.69) is 5.32 Å². The van der Waals surface area contributed by atoms with E-state index in [-0.39, 0.29) is 5.38 Å². The number of ether oxygens (including phenoxy) is 1. The van der Waals surface area contributed by atoms with Crippen molar-refractivity contribution in [2.75, 3.05) is 12.4 Å². The zero-order chi connectivity index (χ0) is 10.8. The summed E-state index contributed by atoms with van der Waals surface area (Å²) in [6, 6.07) is 6.03. The smallest absolute Gasteiger partial charge is 0.139 e. The Hall–Kier alpha value is -0.600. The predicted octanol–water partition coefficient (Wildman–Crippen LogP) is 3.53. The van der Waals surface area contributed by atoms with Gasteiger partial charge in [-0.1, -0.05) is 11.6 Å². The topological polar surface area (TPSA) is 21.3 Å². The fourth-order valence-corrected chi connectivity index (χ4v) is 2.10. The second-order valence-corrected chi connectivity index (χ2v) is 4.66. The minimum Gasteiger partial charge on any atom is -0.495 e. The van der Waals surface area contributed by atoms with Crippen LogP contribution in [0.25, 0.3) is 0 Å². The molecule has 0 saturated heterocycles. The van der Waals surface area contributed by atoms with Crippen LogP contribution in [-0.2, 0) is 0 Å². The van der Waals surface area contributed by atoms with Crippen LogP contribution in [0, 0.1) is 0 Å². The van der Waals surface area contributed by atoms with Crippen molar-refractivity contribution in [2.24, 2.45) is 0 Å². The number of methoxy groups -OCH3 is 1. The Morgan fingerprint density at radius 3 is 2.73 bits per heavy atom. The Balaban J connectivity index is 2.08. The highest BCUT2D eigenvalue weighted by atomic mass is 35.5. The molecular weight excluding hydrogens is 233 g/mol. The number of nitrogens with one attached hydrogen (secondary N) is 1. The Morgan fingerprint density at radius 1 is 1.40 bits per heavy atom. The quantitative estimate of drug-likeness (QED) is 0.823. The molecule has 1 unspecified atom stereocenters. The van der Waals surface area contributed by atoms with E-state index >= 15 is 0 Å². The van der Waals surface area contributed by atoms with Gasteiger partial charge in [0.2, 0.25) is 0 Å². The molecule has 1 aromatic rings. The molecule has 1 N–H and O–H groups in total. The molecule has 15 heavy (non-hydrogen) atoms. The number of rotatable bonds is 3. The molecule has 0 bridgehead atoms. The first kappa shape index (κ1) is 10.9. The Bertz CT molecular complexity index is 356. The van der Waals surface area contributed by atoms with Gasteiger partial charge in [0.05, 0.1) is 17.5 Å². The van der Waals surface area contributed by atoms with Crippen molar-refractivity contribution in [3.05, 3.63) is 23.2 Å². The van der Waals surface area contributed by atoms with Crippen molar-refractivity contribution >= 4 is 28.9 Å². The van der Waals surface area contributed by atoms with Gasteiger partial charge in [-0.25, -0.2) is 0 Å². The molecule has 1 fully saturated rings. The molecule has 0 aromatic heterocycles. The summed E-state index contributed by atoms with van der Waals surface area (Å²) >= 11 is 12.0. The Labute approximate surface area is 99.5 Å². The number of anilines is 1. The summed E-state index contributed by atoms with van der Waals surface area (Å²) in [7, 11) is 1.61. The molecule has 1 saturated carbocycles. The molecule has 2 rings (SSSR count). The summed E-state index contributed by atoms with van der Waals surface area (Å²) in [5, 5.41) is 4.23. The first-order chi connectivity index (χ1) is 7.20. The van der Waals surface area contributed by atoms with Crippen LogP contribution >= 0.6 is 23.2 Å². The van der Waals surface area contributed by atoms with Crippen LogP contribution in [0.4, 0.5) is 5.69 Å². The monoisotopic (exact) mass is 245 g/mol. The minimum atomic E-state index is 0.242. The summed E-state index contributed by atoms with van der Waals surface area (Å²) in [6.45, 7) is 0. The van der Waals surface area contributed by atoms with E-state index in [1.807, 2.05) is 18.2 Å². The fourth-order valence-electron chi connectivity index (χ4n) is 1.59. The average Bonchev–Trinajstić information content (AvgIpc) is 2.25. The number of halogens is 2. The third-order valence-corrected chi connectivity index (χ3v) is 3.53. The van der Waals surface area contributed by atoms with Gasteiger partial charge < -0.3 is 10.1 Å². The lowest BCUT2D eigenvalue weighted by atomic mass is 9.92. The van der Waals surface area contributed by atoms with E-state index in [0.29, 0.717) is 16.8 Å². The summed E-state index contributed by atoms with van der Waals surface area (Å²) in [5.41, 5.74) is 1.01. The van der Waals surface area contributed by atoms with E-state index in [1.54, 1.807) is 7.11 Å². The third kappa shape index (κ3) is 2.32. The standard InChI is InChI=1S/C11H13Cl2NO/c1-15-11-6-7(2-3-9(11)13)14-10-5-4-8(10)12/h2-3,6,8,10,14H,4-5H2,1H3/t8-,10?/m1/s1. The van der Waals surface area contributed by atoms with Crippen LogP contribution in [0.15, 0.2) is 18.2 Å². The van der Waals surface area contributed by atoms with Gasteiger partial charge in [-0.05, 0) is 25.0 Å². The highest BCUT2D eigenvalue weighted by Crippen LogP contribution is 2.32. The lowest BCUT2D eigenvalue weighted by Gasteiger charge is -2.33. The van der Waals surface area contributed by atoms with Crippen LogP contribution in [0.2, 0.25) is 5.02 Å². The fraction of sp³-hybridized carbons (Fsp3) is 0.455. The summed E-state index contributed by atoms with van der Waals surface area (Å²) in [6.07, 6.45) is 2.21. The number of alkyl halides is 1. The van der Waals surface area contributed by atoms with Crippen LogP contribution in [0.1, 0.15) is 12.8 Å². The van der Waals surface area contributed by atoms with Gasteiger partial charge in [-0.15, -0.1) is 11.6 Å². The van der Waals surface area contributed by atoms with Crippen LogP contribution in [0.5, 0.6) is 5.75 Å². The lowest BCUT2D eigenvalue weighted by Crippen LogP contribution is -2.39. The van der Waals surface area contributed by atoms with E-state index in [4.69, 9.17) is 27.9 Å². The maximum absolute atomic E-state index is 6.05. The molecule has 1 aromatic carbocycles. The van der Waals surface area contributed by atoms with Gasteiger partial charge in [0.15, 0.2) is 0 Å². The van der Waals surface area contributed by atoms with E-state index in [1.165, 1.54) is 0 Å². The number of hydrogen-bond donors (Lipinski definition) is 1. The van der Waals surface area contributed by atoms with Crippen molar-refractivity contribution in [1.29, 1.82) is 0 Å². The molecular formula is C11H13Cl2NO. The van der Waals surface area contributed by atoms with Gasteiger partial charge in [0.1, 0.15) is 5.75 Å². The zero-order valence-electron chi connectivity index (χ0n) is 8.47. The van der Waals surface area contributed by atoms with Crippen molar-refractivity contribution < 1.29 is 4.74 Å². The van der Waals surface area contributed by atoms with E-state index < -0.39 is 0 Å². The predicted molar refractivity (Wildman–Crippen MR) is 64.3 cm³/mol. The minimum absolute atomic E-state index is 0.242. The van der Waals surface area contributed by atoms with Crippen molar-refractivity contribution in [3.8, 4) is 5.75 Å². The first-order valence-electron chi connectivity index (χ1n) is 4.95. The highest BCUT2D eigenvalue weighted by Gasteiger charge is 2.28. The maximum atomic E-state index is 6.05. The van der Waals surface area contributed by atoms with E-state index in [9.17, 15) is 0 Å². The SMILES string of the molecule is COc1cc(NC2CC[C@H]2Cl)ccc1Cl. The molecule has 4 heteroatoms. The second kappa shape index (κ2) is 4.50. The second-order valence-electron chi connectivity index (χ2n) is 3.69. The number of hydrogen-bond acceptors (Lipinski definition) is 2. The summed E-state index contributed by atoms with van der Waals surface area (Å²) in [5.74, 6) is 0.687. The molecule has 82 valence electrons. The number of benzene rings is 1. The van der Waals surface area contributed by atoms with Crippen LogP contribution in [0.3, 0.4) is 0 Å². The molecule has 0 heterocycles. The molecule has 0 aliphatic heterocycles. The third-order valence-electron chi connectivity index (χ3n) is 2.69. The van der Waals surface area contributed by atoms with Gasteiger partial charge in [-0.2, -0.15) is 0 Å². The molecule has 1 aliphatic carbocycles. The van der Waals surface area contributed by atoms with Crippen LogP contribution in [-0.4, -0.2) is 18.5 Å². The van der Waals surface area contributed by atoms with Crippen molar-refractivity contribution in [1.82, 2.24) is 0 Å². The summed E-state index contributed by atoms with van der Waals surface area (Å²) < 4.78 is 5.14. The van der Waals surface area contributed by atoms with Gasteiger partial charge >= 0.3 is 0 Å². The maximum Gasteiger partial charge on any atom is 0.139 e. The van der Waals surface area contributed by atoms with Gasteiger partial charge in [-0.3, -0.25) is 0 Å². The normalized spacial score (nSPS) is 24.5. The molecule has 1 aliphatic rings. The lowest BCUT2D eigenvalue weighted by molar-refractivity contribution is 0.414. The molecule has 0 spiro atoms. The molecule has 2 nitrogen and oxygen atoms in total. The van der Waals surface area contributed by atoms with Crippen LogP contribution < -0.4 is 10.1 Å². The molecule has 0 amide bonds. The molecule has 2 atom stereocenters. The summed E-state index contributed by atoms with van der Waals surface area (Å²) in [4.78, 5) is 0. The van der Waals surface area contributed by atoms with Gasteiger partial charge in [0.25, 0.3) is 0 Å². The zero-order valence-corrected chi connectivity index (χ0v) is 9.98. The largest absolute Gasteiger partial charge is 0.495 e.